The lowest BCUT2D eigenvalue weighted by atomic mass is 9.91. The molecule has 20 heavy (non-hydrogen) atoms. The van der Waals surface area contributed by atoms with E-state index in [1.54, 1.807) is 6.92 Å². The molecule has 1 aliphatic heterocycles. The number of aromatic nitrogens is 4. The van der Waals surface area contributed by atoms with E-state index in [9.17, 15) is 0 Å². The summed E-state index contributed by atoms with van der Waals surface area (Å²) in [6.07, 6.45) is 4.51. The van der Waals surface area contributed by atoms with Gasteiger partial charge in [-0.1, -0.05) is 0 Å². The Morgan fingerprint density at radius 1 is 1.30 bits per heavy atom. The maximum atomic E-state index is 5.50. The van der Waals surface area contributed by atoms with Gasteiger partial charge in [0.05, 0.1) is 5.69 Å². The van der Waals surface area contributed by atoms with Crippen molar-refractivity contribution in [3.05, 3.63) is 29.2 Å². The molecular weight excluding hydrogens is 254 g/mol. The van der Waals surface area contributed by atoms with Gasteiger partial charge in [-0.2, -0.15) is 5.10 Å². The van der Waals surface area contributed by atoms with E-state index in [1.165, 1.54) is 18.4 Å². The zero-order valence-electron chi connectivity index (χ0n) is 12.3. The summed E-state index contributed by atoms with van der Waals surface area (Å²) in [7, 11) is 0. The minimum absolute atomic E-state index is 0.0228. The van der Waals surface area contributed by atoms with Gasteiger partial charge in [0.25, 0.3) is 0 Å². The first-order valence-corrected chi connectivity index (χ1v) is 7.21. The Kier molecular flexibility index (Phi) is 3.56. The molecule has 0 amide bonds. The second kappa shape index (κ2) is 5.36. The smallest absolute Gasteiger partial charge is 0.240 e. The fourth-order valence-corrected chi connectivity index (χ4v) is 2.82. The van der Waals surface area contributed by atoms with Gasteiger partial charge in [0.2, 0.25) is 11.8 Å². The van der Waals surface area contributed by atoms with Crippen molar-refractivity contribution < 1.29 is 4.42 Å². The van der Waals surface area contributed by atoms with Gasteiger partial charge < -0.3 is 9.73 Å². The van der Waals surface area contributed by atoms with Gasteiger partial charge in [0.15, 0.2) is 0 Å². The first kappa shape index (κ1) is 13.3. The largest absolute Gasteiger partial charge is 0.423 e. The molecule has 1 atom stereocenters. The molecule has 2 aromatic rings. The number of hydrogen-bond acceptors (Lipinski definition) is 5. The molecule has 0 unspecified atom stereocenters. The summed E-state index contributed by atoms with van der Waals surface area (Å²) < 4.78 is 7.45. The number of piperidine rings is 1. The average Bonchev–Trinajstić information content (AvgIpc) is 3.05. The number of nitrogens with one attached hydrogen (secondary N) is 1. The maximum Gasteiger partial charge on any atom is 0.240 e. The first-order valence-electron chi connectivity index (χ1n) is 7.21. The minimum Gasteiger partial charge on any atom is -0.423 e. The highest BCUT2D eigenvalue weighted by molar-refractivity contribution is 5.22. The van der Waals surface area contributed by atoms with E-state index < -0.39 is 0 Å². The van der Waals surface area contributed by atoms with Gasteiger partial charge in [-0.25, -0.2) is 0 Å². The zero-order chi connectivity index (χ0) is 14.1. The molecule has 6 heteroatoms. The number of hydrogen-bond donors (Lipinski definition) is 1. The van der Waals surface area contributed by atoms with Crippen LogP contribution < -0.4 is 5.32 Å². The number of nitrogens with zero attached hydrogens (tertiary/aromatic N) is 4. The summed E-state index contributed by atoms with van der Waals surface area (Å²) in [5.41, 5.74) is 2.47. The van der Waals surface area contributed by atoms with Gasteiger partial charge >= 0.3 is 0 Å². The number of aryl methyl sites for hydroxylation is 2. The van der Waals surface area contributed by atoms with Crippen LogP contribution >= 0.6 is 0 Å². The van der Waals surface area contributed by atoms with Gasteiger partial charge in [-0.15, -0.1) is 10.2 Å². The SMILES string of the molecule is Cc1nnc([C@H](C)n2cc(C3CCNCC3)c(C)n2)o1. The molecule has 1 N–H and O–H groups in total. The van der Waals surface area contributed by atoms with E-state index in [0.29, 0.717) is 17.7 Å². The summed E-state index contributed by atoms with van der Waals surface area (Å²) in [6, 6.07) is -0.0228. The Labute approximate surface area is 118 Å². The molecule has 0 saturated carbocycles. The van der Waals surface area contributed by atoms with E-state index >= 15 is 0 Å². The molecule has 0 bridgehead atoms. The Balaban J connectivity index is 1.84. The minimum atomic E-state index is -0.0228. The monoisotopic (exact) mass is 275 g/mol. The zero-order valence-corrected chi connectivity index (χ0v) is 12.3. The predicted molar refractivity (Wildman–Crippen MR) is 74.7 cm³/mol. The summed E-state index contributed by atoms with van der Waals surface area (Å²) in [5.74, 6) is 1.82. The third-order valence-corrected chi connectivity index (χ3v) is 4.03. The third kappa shape index (κ3) is 2.47. The molecule has 0 spiro atoms. The highest BCUT2D eigenvalue weighted by Crippen LogP contribution is 2.28. The Bertz CT molecular complexity index is 582. The van der Waals surface area contributed by atoms with E-state index in [2.05, 4.69) is 33.7 Å². The lowest BCUT2D eigenvalue weighted by Gasteiger charge is -2.22. The quantitative estimate of drug-likeness (QED) is 0.927. The van der Waals surface area contributed by atoms with Crippen molar-refractivity contribution in [3.63, 3.8) is 0 Å². The fourth-order valence-electron chi connectivity index (χ4n) is 2.82. The fraction of sp³-hybridized carbons (Fsp3) is 0.643. The van der Waals surface area contributed by atoms with Crippen LogP contribution in [0.4, 0.5) is 0 Å². The van der Waals surface area contributed by atoms with Crippen molar-refractivity contribution in [1.82, 2.24) is 25.3 Å². The molecule has 0 radical (unpaired) electrons. The van der Waals surface area contributed by atoms with Crippen LogP contribution in [0.3, 0.4) is 0 Å². The van der Waals surface area contributed by atoms with Crippen LogP contribution in [-0.2, 0) is 0 Å². The molecule has 2 aromatic heterocycles. The van der Waals surface area contributed by atoms with Crippen molar-refractivity contribution in [2.45, 2.75) is 45.6 Å². The van der Waals surface area contributed by atoms with Crippen molar-refractivity contribution in [2.24, 2.45) is 0 Å². The molecule has 1 aliphatic rings. The molecule has 1 saturated heterocycles. The lowest BCUT2D eigenvalue weighted by molar-refractivity contribution is 0.396. The van der Waals surface area contributed by atoms with E-state index in [-0.39, 0.29) is 6.04 Å². The first-order chi connectivity index (χ1) is 9.65. The highest BCUT2D eigenvalue weighted by atomic mass is 16.4. The van der Waals surface area contributed by atoms with Crippen LogP contribution in [-0.4, -0.2) is 33.1 Å². The van der Waals surface area contributed by atoms with Crippen LogP contribution in [0.15, 0.2) is 10.6 Å². The van der Waals surface area contributed by atoms with Crippen molar-refractivity contribution in [3.8, 4) is 0 Å². The van der Waals surface area contributed by atoms with E-state index in [1.807, 2.05) is 11.6 Å². The van der Waals surface area contributed by atoms with Gasteiger partial charge in [-0.3, -0.25) is 4.68 Å². The topological polar surface area (TPSA) is 68.8 Å². The summed E-state index contributed by atoms with van der Waals surface area (Å²) in [6.45, 7) is 8.10. The molecule has 108 valence electrons. The molecule has 0 aromatic carbocycles. The second-order valence-electron chi connectivity index (χ2n) is 5.51. The van der Waals surface area contributed by atoms with Crippen LogP contribution in [0, 0.1) is 13.8 Å². The second-order valence-corrected chi connectivity index (χ2v) is 5.51. The summed E-state index contributed by atoms with van der Waals surface area (Å²) >= 11 is 0. The van der Waals surface area contributed by atoms with E-state index in [4.69, 9.17) is 4.42 Å². The molecule has 3 rings (SSSR count). The maximum absolute atomic E-state index is 5.50. The lowest BCUT2D eigenvalue weighted by Crippen LogP contribution is -2.26. The standard InChI is InChI=1S/C14H21N5O/c1-9-13(12-4-6-15-7-5-12)8-19(18-9)10(2)14-17-16-11(3)20-14/h8,10,12,15H,4-7H2,1-3H3/t10-/m0/s1. The van der Waals surface area contributed by atoms with Crippen molar-refractivity contribution >= 4 is 0 Å². The van der Waals surface area contributed by atoms with Crippen molar-refractivity contribution in [1.29, 1.82) is 0 Å². The molecule has 0 aliphatic carbocycles. The Hall–Kier alpha value is -1.69. The molecular formula is C14H21N5O. The predicted octanol–water partition coefficient (Wildman–Crippen LogP) is 1.96. The summed E-state index contributed by atoms with van der Waals surface area (Å²) in [4.78, 5) is 0. The molecule has 1 fully saturated rings. The van der Waals surface area contributed by atoms with Gasteiger partial charge in [-0.05, 0) is 51.3 Å². The van der Waals surface area contributed by atoms with Crippen molar-refractivity contribution in [2.75, 3.05) is 13.1 Å². The third-order valence-electron chi connectivity index (χ3n) is 4.03. The van der Waals surface area contributed by atoms with Gasteiger partial charge in [0, 0.05) is 13.1 Å². The molecule has 3 heterocycles. The average molecular weight is 275 g/mol. The van der Waals surface area contributed by atoms with Crippen LogP contribution in [0.5, 0.6) is 0 Å². The highest BCUT2D eigenvalue weighted by Gasteiger charge is 2.22. The van der Waals surface area contributed by atoms with Crippen LogP contribution in [0.1, 0.15) is 54.8 Å². The Morgan fingerprint density at radius 3 is 2.70 bits per heavy atom. The van der Waals surface area contributed by atoms with E-state index in [0.717, 1.165) is 18.8 Å². The number of rotatable bonds is 3. The van der Waals surface area contributed by atoms with Crippen LogP contribution in [0.25, 0.3) is 0 Å². The summed E-state index contributed by atoms with van der Waals surface area (Å²) in [5, 5.41) is 16.0. The molecule has 6 nitrogen and oxygen atoms in total. The van der Waals surface area contributed by atoms with Crippen LogP contribution in [0.2, 0.25) is 0 Å². The Morgan fingerprint density at radius 2 is 2.05 bits per heavy atom. The van der Waals surface area contributed by atoms with Gasteiger partial charge in [0.1, 0.15) is 6.04 Å². The normalized spacial score (nSPS) is 18.4.